The minimum atomic E-state index is -0.0977. The second kappa shape index (κ2) is 8.74. The third kappa shape index (κ3) is 4.29. The summed E-state index contributed by atoms with van der Waals surface area (Å²) in [6.45, 7) is 0. The molecule has 1 aromatic heterocycles. The summed E-state index contributed by atoms with van der Waals surface area (Å²) in [7, 11) is 0. The molecule has 2 radical (unpaired) electrons. The number of ketones is 1. The van der Waals surface area contributed by atoms with E-state index in [1.807, 2.05) is 67.5 Å². The quantitative estimate of drug-likeness (QED) is 0.403. The van der Waals surface area contributed by atoms with Gasteiger partial charge in [-0.2, -0.15) is 0 Å². The number of allylic oxidation sites excluding steroid dienone is 8. The molecule has 1 aromatic carbocycles. The number of rotatable bonds is 2. The van der Waals surface area contributed by atoms with Gasteiger partial charge in [-0.25, -0.2) is 0 Å². The molecule has 4 heteroatoms. The summed E-state index contributed by atoms with van der Waals surface area (Å²) in [6.07, 6.45) is 17.2. The van der Waals surface area contributed by atoms with Gasteiger partial charge in [0, 0.05) is 40.9 Å². The van der Waals surface area contributed by atoms with Gasteiger partial charge < -0.3 is 4.42 Å². The standard InChI is InChI=1S/C15H9O2S.C5H5.Fe/c16-14(10-5-1-2-6-10)12-9-11-7-3-4-8-13(11)17-15(12)18;1-2-4-5-3-1;/h1-9H;1-5H;. The molecule has 0 unspecified atom stereocenters. The monoisotopic (exact) mass is 374 g/mol. The van der Waals surface area contributed by atoms with Crippen LogP contribution in [0.2, 0.25) is 0 Å². The predicted molar refractivity (Wildman–Crippen MR) is 95.5 cm³/mol. The fraction of sp³-hybridized carbons (Fsp3) is 0. The Morgan fingerprint density at radius 1 is 0.958 bits per heavy atom. The summed E-state index contributed by atoms with van der Waals surface area (Å²) < 4.78 is 5.74. The van der Waals surface area contributed by atoms with Crippen LogP contribution in [-0.2, 0) is 17.1 Å². The molecule has 1 heterocycles. The van der Waals surface area contributed by atoms with Gasteiger partial charge in [-0.15, -0.1) is 0 Å². The molecule has 2 aromatic rings. The van der Waals surface area contributed by atoms with Crippen LogP contribution in [0.25, 0.3) is 11.0 Å². The molecule has 24 heavy (non-hydrogen) atoms. The largest absolute Gasteiger partial charge is 0.444 e. The molecule has 0 atom stereocenters. The van der Waals surface area contributed by atoms with Gasteiger partial charge in [-0.05, 0) is 24.4 Å². The average molecular weight is 374 g/mol. The van der Waals surface area contributed by atoms with Crippen LogP contribution >= 0.6 is 12.2 Å². The molecule has 4 rings (SSSR count). The molecule has 2 aliphatic carbocycles. The Kier molecular flexibility index (Phi) is 6.68. The van der Waals surface area contributed by atoms with Crippen molar-refractivity contribution < 1.29 is 26.3 Å². The van der Waals surface area contributed by atoms with Crippen molar-refractivity contribution >= 4 is 29.0 Å². The number of carbonyl (C=O) groups excluding carboxylic acids is 1. The number of para-hydroxylation sites is 1. The Morgan fingerprint density at radius 2 is 1.71 bits per heavy atom. The first-order valence-electron chi connectivity index (χ1n) is 7.22. The zero-order chi connectivity index (χ0) is 16.1. The molecule has 2 aliphatic rings. The van der Waals surface area contributed by atoms with E-state index in [9.17, 15) is 4.79 Å². The molecule has 0 saturated heterocycles. The maximum atomic E-state index is 12.2. The zero-order valence-corrected chi connectivity index (χ0v) is 14.6. The maximum Gasteiger partial charge on any atom is 0.202 e. The van der Waals surface area contributed by atoms with E-state index in [0.29, 0.717) is 16.7 Å². The molecular formula is C20H14FeO2S. The molecule has 0 aliphatic heterocycles. The van der Waals surface area contributed by atoms with E-state index in [0.717, 1.165) is 5.39 Å². The molecule has 0 bridgehead atoms. The number of hydrogen-bond acceptors (Lipinski definition) is 3. The van der Waals surface area contributed by atoms with Gasteiger partial charge in [-0.1, -0.05) is 60.7 Å². The van der Waals surface area contributed by atoms with Crippen molar-refractivity contribution in [3.05, 3.63) is 102 Å². The van der Waals surface area contributed by atoms with Gasteiger partial charge in [0.25, 0.3) is 0 Å². The molecule has 0 saturated carbocycles. The fourth-order valence-electron chi connectivity index (χ4n) is 2.22. The average Bonchev–Trinajstić information content (AvgIpc) is 3.29. The second-order valence-electron chi connectivity index (χ2n) is 4.95. The second-order valence-corrected chi connectivity index (χ2v) is 5.32. The van der Waals surface area contributed by atoms with Crippen LogP contribution in [0.1, 0.15) is 10.4 Å². The van der Waals surface area contributed by atoms with Crippen LogP contribution in [0.4, 0.5) is 0 Å². The third-order valence-corrected chi connectivity index (χ3v) is 3.67. The third-order valence-electron chi connectivity index (χ3n) is 3.37. The molecule has 120 valence electrons. The van der Waals surface area contributed by atoms with Crippen molar-refractivity contribution in [1.29, 1.82) is 0 Å². The molecule has 2 nitrogen and oxygen atoms in total. The van der Waals surface area contributed by atoms with Crippen LogP contribution in [-0.4, -0.2) is 5.78 Å². The first-order valence-corrected chi connectivity index (χ1v) is 7.62. The summed E-state index contributed by atoms with van der Waals surface area (Å²) in [4.78, 5) is 12.2. The van der Waals surface area contributed by atoms with Crippen molar-refractivity contribution in [1.82, 2.24) is 0 Å². The summed E-state index contributed by atoms with van der Waals surface area (Å²) in [5.41, 5.74) is 1.77. The van der Waals surface area contributed by atoms with Crippen LogP contribution in [0, 0.1) is 17.5 Å². The van der Waals surface area contributed by atoms with Crippen molar-refractivity contribution in [2.24, 2.45) is 0 Å². The Labute approximate surface area is 156 Å². The number of Topliss-reactive ketones (excluding diaryl/α,β-unsaturated/α-hetero) is 1. The summed E-state index contributed by atoms with van der Waals surface area (Å²) in [6, 6.07) is 9.30. The minimum absolute atomic E-state index is 0. The van der Waals surface area contributed by atoms with Gasteiger partial charge in [0.1, 0.15) is 5.58 Å². The van der Waals surface area contributed by atoms with E-state index >= 15 is 0 Å². The molecule has 0 fully saturated rings. The summed E-state index contributed by atoms with van der Waals surface area (Å²) in [5.74, 6) is -0.0977. The first-order chi connectivity index (χ1) is 11.3. The zero-order valence-electron chi connectivity index (χ0n) is 12.7. The van der Waals surface area contributed by atoms with Crippen LogP contribution in [0.3, 0.4) is 0 Å². The Bertz CT molecular complexity index is 907. The van der Waals surface area contributed by atoms with E-state index in [1.54, 1.807) is 18.2 Å². The topological polar surface area (TPSA) is 30.2 Å². The maximum absolute atomic E-state index is 12.2. The van der Waals surface area contributed by atoms with Crippen molar-refractivity contribution in [2.45, 2.75) is 0 Å². The van der Waals surface area contributed by atoms with Crippen LogP contribution in [0.5, 0.6) is 0 Å². The van der Waals surface area contributed by atoms with Crippen molar-refractivity contribution in [3.63, 3.8) is 0 Å². The van der Waals surface area contributed by atoms with E-state index in [-0.39, 0.29) is 27.6 Å². The summed E-state index contributed by atoms with van der Waals surface area (Å²) in [5, 5.41) is 0.876. The van der Waals surface area contributed by atoms with E-state index in [2.05, 4.69) is 0 Å². The number of benzene rings is 1. The Morgan fingerprint density at radius 3 is 2.33 bits per heavy atom. The van der Waals surface area contributed by atoms with Gasteiger partial charge in [0.15, 0.2) is 5.78 Å². The number of fused-ring (bicyclic) bond motifs is 1. The van der Waals surface area contributed by atoms with Gasteiger partial charge in [0.05, 0.1) is 5.56 Å². The van der Waals surface area contributed by atoms with Gasteiger partial charge in [0.2, 0.25) is 4.71 Å². The van der Waals surface area contributed by atoms with Gasteiger partial charge >= 0.3 is 0 Å². The smallest absolute Gasteiger partial charge is 0.202 e. The van der Waals surface area contributed by atoms with Gasteiger partial charge in [-0.3, -0.25) is 4.79 Å². The van der Waals surface area contributed by atoms with E-state index in [1.165, 1.54) is 0 Å². The Hall–Kier alpha value is -2.00. The van der Waals surface area contributed by atoms with Crippen LogP contribution in [0.15, 0.2) is 82.9 Å². The fourth-order valence-corrected chi connectivity index (χ4v) is 2.46. The van der Waals surface area contributed by atoms with Crippen molar-refractivity contribution in [2.75, 3.05) is 0 Å². The summed E-state index contributed by atoms with van der Waals surface area (Å²) >= 11 is 5.14. The number of carbonyl (C=O) groups is 1. The molecular weight excluding hydrogens is 360 g/mol. The SMILES string of the molecule is O=C(C1=C[CH]C=C1)c1cc2ccccc2oc1=S.[CH]1C=CC=C1.[Fe]. The molecule has 0 spiro atoms. The predicted octanol–water partition coefficient (Wildman–Crippen LogP) is 5.36. The normalized spacial score (nSPS) is 14.1. The Balaban J connectivity index is 0.000000300. The first kappa shape index (κ1) is 18.3. The van der Waals surface area contributed by atoms with E-state index < -0.39 is 0 Å². The molecule has 0 amide bonds. The van der Waals surface area contributed by atoms with Crippen LogP contribution < -0.4 is 0 Å². The molecule has 0 N–H and O–H groups in total. The number of hydrogen-bond donors (Lipinski definition) is 0. The van der Waals surface area contributed by atoms with E-state index in [4.69, 9.17) is 16.6 Å². The van der Waals surface area contributed by atoms with Crippen molar-refractivity contribution in [3.8, 4) is 0 Å². The minimum Gasteiger partial charge on any atom is -0.444 e.